The first-order valence-corrected chi connectivity index (χ1v) is 6.98. The third kappa shape index (κ3) is 3.70. The molecule has 0 radical (unpaired) electrons. The number of rotatable bonds is 4. The molecule has 1 saturated carbocycles. The molecule has 1 aromatic rings. The lowest BCUT2D eigenvalue weighted by molar-refractivity contribution is 0.0506. The molecular formula is C15H22N2O2. The zero-order valence-electron chi connectivity index (χ0n) is 11.4. The van der Waals surface area contributed by atoms with E-state index in [4.69, 9.17) is 0 Å². The van der Waals surface area contributed by atoms with Crippen molar-refractivity contribution in [1.29, 1.82) is 0 Å². The van der Waals surface area contributed by atoms with Crippen LogP contribution < -0.4 is 10.6 Å². The van der Waals surface area contributed by atoms with Crippen LogP contribution in [0.15, 0.2) is 24.3 Å². The second-order valence-corrected chi connectivity index (χ2v) is 5.25. The topological polar surface area (TPSA) is 61.4 Å². The first kappa shape index (κ1) is 13.9. The van der Waals surface area contributed by atoms with Gasteiger partial charge in [0.1, 0.15) is 0 Å². The van der Waals surface area contributed by atoms with Crippen molar-refractivity contribution in [3.05, 3.63) is 29.8 Å². The Morgan fingerprint density at radius 3 is 2.68 bits per heavy atom. The first-order valence-electron chi connectivity index (χ1n) is 6.98. The van der Waals surface area contributed by atoms with E-state index in [0.717, 1.165) is 43.4 Å². The van der Waals surface area contributed by atoms with Crippen LogP contribution in [0.4, 0.5) is 10.5 Å². The van der Waals surface area contributed by atoms with Crippen LogP contribution in [0.25, 0.3) is 0 Å². The minimum absolute atomic E-state index is 0.249. The average molecular weight is 262 g/mol. The molecule has 19 heavy (non-hydrogen) atoms. The lowest BCUT2D eigenvalue weighted by atomic mass is 10.0. The molecule has 1 aliphatic carbocycles. The Labute approximate surface area is 114 Å². The Kier molecular flexibility index (Phi) is 4.43. The van der Waals surface area contributed by atoms with E-state index in [9.17, 15) is 9.90 Å². The summed E-state index contributed by atoms with van der Waals surface area (Å²) in [7, 11) is 0. The number of nitrogens with one attached hydrogen (secondary N) is 2. The molecule has 0 heterocycles. The second-order valence-electron chi connectivity index (χ2n) is 5.25. The smallest absolute Gasteiger partial charge is 0.319 e. The summed E-state index contributed by atoms with van der Waals surface area (Å²) < 4.78 is 0. The highest BCUT2D eigenvalue weighted by Gasteiger charge is 2.31. The first-order chi connectivity index (χ1) is 9.13. The van der Waals surface area contributed by atoms with Crippen LogP contribution in [-0.4, -0.2) is 23.3 Å². The highest BCUT2D eigenvalue weighted by atomic mass is 16.3. The maximum absolute atomic E-state index is 11.8. The van der Waals surface area contributed by atoms with Crippen LogP contribution in [0.5, 0.6) is 0 Å². The predicted octanol–water partition coefficient (Wildman–Crippen LogP) is 2.68. The van der Waals surface area contributed by atoms with Crippen molar-refractivity contribution in [3.8, 4) is 0 Å². The SMILES string of the molecule is CCc1ccccc1NC(=O)NCC1(O)CCCC1. The fourth-order valence-electron chi connectivity index (χ4n) is 2.57. The number of carbonyl (C=O) groups excluding carboxylic acids is 1. The second kappa shape index (κ2) is 6.06. The summed E-state index contributed by atoms with van der Waals surface area (Å²) in [6.07, 6.45) is 4.51. The number of hydrogen-bond acceptors (Lipinski definition) is 2. The van der Waals surface area contributed by atoms with Crippen molar-refractivity contribution >= 4 is 11.7 Å². The summed E-state index contributed by atoms with van der Waals surface area (Å²) in [5, 5.41) is 15.8. The molecule has 0 atom stereocenters. The third-order valence-corrected chi connectivity index (χ3v) is 3.76. The molecule has 0 spiro atoms. The Balaban J connectivity index is 1.87. The van der Waals surface area contributed by atoms with Crippen molar-refractivity contribution < 1.29 is 9.90 Å². The summed E-state index contributed by atoms with van der Waals surface area (Å²) in [4.78, 5) is 11.8. The lowest BCUT2D eigenvalue weighted by Gasteiger charge is -2.22. The van der Waals surface area contributed by atoms with E-state index in [1.165, 1.54) is 0 Å². The summed E-state index contributed by atoms with van der Waals surface area (Å²) in [5.41, 5.74) is 1.24. The van der Waals surface area contributed by atoms with Crippen molar-refractivity contribution in [2.24, 2.45) is 0 Å². The van der Waals surface area contributed by atoms with Crippen LogP contribution in [0.1, 0.15) is 38.2 Å². The number of amides is 2. The Morgan fingerprint density at radius 1 is 1.32 bits per heavy atom. The van der Waals surface area contributed by atoms with Crippen molar-refractivity contribution in [2.75, 3.05) is 11.9 Å². The van der Waals surface area contributed by atoms with Gasteiger partial charge in [-0.1, -0.05) is 38.0 Å². The molecule has 3 N–H and O–H groups in total. The van der Waals surface area contributed by atoms with Gasteiger partial charge in [-0.15, -0.1) is 0 Å². The zero-order chi connectivity index (χ0) is 13.7. The summed E-state index contributed by atoms with van der Waals surface area (Å²) in [6.45, 7) is 2.38. The fraction of sp³-hybridized carbons (Fsp3) is 0.533. The van der Waals surface area contributed by atoms with Gasteiger partial charge in [0.15, 0.2) is 0 Å². The molecule has 0 aromatic heterocycles. The van der Waals surface area contributed by atoms with Gasteiger partial charge in [-0.3, -0.25) is 0 Å². The Hall–Kier alpha value is -1.55. The number of aryl methyl sites for hydroxylation is 1. The molecule has 104 valence electrons. The number of hydrogen-bond donors (Lipinski definition) is 3. The number of carbonyl (C=O) groups is 1. The van der Waals surface area contributed by atoms with E-state index in [-0.39, 0.29) is 6.03 Å². The number of urea groups is 1. The molecule has 0 bridgehead atoms. The zero-order valence-corrected chi connectivity index (χ0v) is 11.4. The van der Waals surface area contributed by atoms with Crippen molar-refractivity contribution in [1.82, 2.24) is 5.32 Å². The third-order valence-electron chi connectivity index (χ3n) is 3.76. The van der Waals surface area contributed by atoms with E-state index >= 15 is 0 Å². The summed E-state index contributed by atoms with van der Waals surface area (Å²) in [6, 6.07) is 7.51. The van der Waals surface area contributed by atoms with Gasteiger partial charge in [-0.25, -0.2) is 4.79 Å². The van der Waals surface area contributed by atoms with Gasteiger partial charge in [0.2, 0.25) is 0 Å². The van der Waals surface area contributed by atoms with E-state index in [0.29, 0.717) is 6.54 Å². The van der Waals surface area contributed by atoms with E-state index in [1.54, 1.807) is 0 Å². The van der Waals surface area contributed by atoms with E-state index < -0.39 is 5.60 Å². The minimum Gasteiger partial charge on any atom is -0.388 e. The maximum atomic E-state index is 11.8. The highest BCUT2D eigenvalue weighted by molar-refractivity contribution is 5.90. The van der Waals surface area contributed by atoms with Crippen LogP contribution >= 0.6 is 0 Å². The van der Waals surface area contributed by atoms with Crippen LogP contribution in [0, 0.1) is 0 Å². The molecule has 1 fully saturated rings. The molecule has 2 amide bonds. The Bertz CT molecular complexity index is 440. The number of aliphatic hydroxyl groups is 1. The molecule has 4 heteroatoms. The number of benzene rings is 1. The van der Waals surface area contributed by atoms with Gasteiger partial charge in [0, 0.05) is 12.2 Å². The average Bonchev–Trinajstić information content (AvgIpc) is 2.85. The molecule has 0 aliphatic heterocycles. The molecule has 0 saturated heterocycles. The molecule has 2 rings (SSSR count). The molecular weight excluding hydrogens is 240 g/mol. The normalized spacial score (nSPS) is 17.2. The summed E-state index contributed by atoms with van der Waals surface area (Å²) in [5.74, 6) is 0. The van der Waals surface area contributed by atoms with E-state index in [1.807, 2.05) is 24.3 Å². The Morgan fingerprint density at radius 2 is 2.00 bits per heavy atom. The fourth-order valence-corrected chi connectivity index (χ4v) is 2.57. The molecule has 4 nitrogen and oxygen atoms in total. The number of anilines is 1. The van der Waals surface area contributed by atoms with Crippen LogP contribution in [-0.2, 0) is 6.42 Å². The lowest BCUT2D eigenvalue weighted by Crippen LogP contribution is -2.42. The van der Waals surface area contributed by atoms with Gasteiger partial charge < -0.3 is 15.7 Å². The van der Waals surface area contributed by atoms with Crippen molar-refractivity contribution in [2.45, 2.75) is 44.6 Å². The molecule has 0 unspecified atom stereocenters. The quantitative estimate of drug-likeness (QED) is 0.781. The maximum Gasteiger partial charge on any atom is 0.319 e. The van der Waals surface area contributed by atoms with Crippen molar-refractivity contribution in [3.63, 3.8) is 0 Å². The van der Waals surface area contributed by atoms with Crippen LogP contribution in [0.2, 0.25) is 0 Å². The van der Waals surface area contributed by atoms with Crippen LogP contribution in [0.3, 0.4) is 0 Å². The highest BCUT2D eigenvalue weighted by Crippen LogP contribution is 2.28. The van der Waals surface area contributed by atoms with Gasteiger partial charge in [-0.2, -0.15) is 0 Å². The van der Waals surface area contributed by atoms with Gasteiger partial charge in [0.05, 0.1) is 5.60 Å². The number of para-hydroxylation sites is 1. The largest absolute Gasteiger partial charge is 0.388 e. The standard InChI is InChI=1S/C15H22N2O2/c1-2-12-7-3-4-8-13(12)17-14(18)16-11-15(19)9-5-6-10-15/h3-4,7-8,19H,2,5-6,9-11H2,1H3,(H2,16,17,18). The minimum atomic E-state index is -0.707. The van der Waals surface area contributed by atoms with Gasteiger partial charge in [-0.05, 0) is 30.9 Å². The van der Waals surface area contributed by atoms with Gasteiger partial charge >= 0.3 is 6.03 Å². The van der Waals surface area contributed by atoms with E-state index in [2.05, 4.69) is 17.6 Å². The van der Waals surface area contributed by atoms with Gasteiger partial charge in [0.25, 0.3) is 0 Å². The predicted molar refractivity (Wildman–Crippen MR) is 76.3 cm³/mol. The molecule has 1 aliphatic rings. The molecule has 1 aromatic carbocycles. The summed E-state index contributed by atoms with van der Waals surface area (Å²) >= 11 is 0. The monoisotopic (exact) mass is 262 g/mol.